The smallest absolute Gasteiger partial charge is 0.253 e. The predicted octanol–water partition coefficient (Wildman–Crippen LogP) is 4.96. The van der Waals surface area contributed by atoms with Crippen LogP contribution < -0.4 is 10.6 Å². The summed E-state index contributed by atoms with van der Waals surface area (Å²) in [6.07, 6.45) is 3.77. The highest BCUT2D eigenvalue weighted by Gasteiger charge is 2.12. The molecule has 0 fully saturated rings. The van der Waals surface area contributed by atoms with Gasteiger partial charge in [-0.05, 0) is 41.8 Å². The molecular weight excluding hydrogens is 384 g/mol. The molecule has 3 aromatic carbocycles. The van der Waals surface area contributed by atoms with E-state index in [9.17, 15) is 9.59 Å². The van der Waals surface area contributed by atoms with Crippen LogP contribution in [0.5, 0.6) is 0 Å². The Bertz CT molecular complexity index is 1020. The van der Waals surface area contributed by atoms with E-state index in [1.54, 1.807) is 36.4 Å². The van der Waals surface area contributed by atoms with Crippen molar-refractivity contribution >= 4 is 35.2 Å². The highest BCUT2D eigenvalue weighted by atomic mass is 35.5. The van der Waals surface area contributed by atoms with E-state index in [-0.39, 0.29) is 11.8 Å². The van der Waals surface area contributed by atoms with Gasteiger partial charge in [-0.3, -0.25) is 9.59 Å². The van der Waals surface area contributed by atoms with E-state index in [2.05, 4.69) is 10.6 Å². The van der Waals surface area contributed by atoms with Crippen LogP contribution in [0.4, 0.5) is 5.69 Å². The second kappa shape index (κ2) is 10.2. The van der Waals surface area contributed by atoms with Crippen LogP contribution in [0.15, 0.2) is 84.9 Å². The third-order valence-electron chi connectivity index (χ3n) is 4.29. The van der Waals surface area contributed by atoms with Gasteiger partial charge in [0.05, 0.1) is 11.3 Å². The molecule has 0 spiro atoms. The Balaban J connectivity index is 1.61. The molecule has 0 atom stereocenters. The Morgan fingerprint density at radius 3 is 2.34 bits per heavy atom. The van der Waals surface area contributed by atoms with E-state index in [1.807, 2.05) is 48.5 Å². The van der Waals surface area contributed by atoms with Crippen LogP contribution in [-0.4, -0.2) is 18.4 Å². The Labute approximate surface area is 175 Å². The van der Waals surface area contributed by atoms with Crippen LogP contribution in [0.3, 0.4) is 0 Å². The quantitative estimate of drug-likeness (QED) is 0.546. The highest BCUT2D eigenvalue weighted by molar-refractivity contribution is 6.32. The molecule has 29 heavy (non-hydrogen) atoms. The van der Waals surface area contributed by atoms with Gasteiger partial charge in [0.25, 0.3) is 5.91 Å². The number of hydrogen-bond acceptors (Lipinski definition) is 2. The Kier molecular flexibility index (Phi) is 7.20. The van der Waals surface area contributed by atoms with Crippen molar-refractivity contribution in [3.63, 3.8) is 0 Å². The number of amides is 2. The average Bonchev–Trinajstić information content (AvgIpc) is 2.74. The summed E-state index contributed by atoms with van der Waals surface area (Å²) in [5.41, 5.74) is 2.77. The fourth-order valence-corrected chi connectivity index (χ4v) is 3.00. The van der Waals surface area contributed by atoms with Crippen LogP contribution in [-0.2, 0) is 11.2 Å². The van der Waals surface area contributed by atoms with Gasteiger partial charge < -0.3 is 10.6 Å². The summed E-state index contributed by atoms with van der Waals surface area (Å²) in [6, 6.07) is 24.1. The van der Waals surface area contributed by atoms with Gasteiger partial charge in [-0.15, -0.1) is 0 Å². The maximum absolute atomic E-state index is 12.6. The molecule has 0 aliphatic rings. The van der Waals surface area contributed by atoms with E-state index in [4.69, 9.17) is 11.6 Å². The van der Waals surface area contributed by atoms with Crippen LogP contribution in [0.2, 0.25) is 5.02 Å². The van der Waals surface area contributed by atoms with Crippen molar-refractivity contribution < 1.29 is 9.59 Å². The molecule has 0 radical (unpaired) electrons. The van der Waals surface area contributed by atoms with Crippen molar-refractivity contribution in [1.82, 2.24) is 5.32 Å². The van der Waals surface area contributed by atoms with E-state index < -0.39 is 0 Å². The summed E-state index contributed by atoms with van der Waals surface area (Å²) in [6.45, 7) is 0.511. The topological polar surface area (TPSA) is 58.2 Å². The summed E-state index contributed by atoms with van der Waals surface area (Å²) < 4.78 is 0. The normalized spacial score (nSPS) is 10.7. The molecule has 2 N–H and O–H groups in total. The third-order valence-corrected chi connectivity index (χ3v) is 4.64. The summed E-state index contributed by atoms with van der Waals surface area (Å²) in [7, 11) is 0. The van der Waals surface area contributed by atoms with Crippen molar-refractivity contribution in [2.75, 3.05) is 11.9 Å². The van der Waals surface area contributed by atoms with E-state index in [0.717, 1.165) is 17.5 Å². The Morgan fingerprint density at radius 1 is 0.862 bits per heavy atom. The fourth-order valence-electron chi connectivity index (χ4n) is 2.80. The van der Waals surface area contributed by atoms with Crippen molar-refractivity contribution in [3.8, 4) is 0 Å². The minimum atomic E-state index is -0.338. The molecule has 0 saturated heterocycles. The molecule has 2 amide bonds. The maximum atomic E-state index is 12.6. The van der Waals surface area contributed by atoms with E-state index >= 15 is 0 Å². The number of rotatable bonds is 7. The van der Waals surface area contributed by atoms with Gasteiger partial charge in [0.2, 0.25) is 5.91 Å². The monoisotopic (exact) mass is 404 g/mol. The second-order valence-corrected chi connectivity index (χ2v) is 6.79. The standard InChI is InChI=1S/C24H21ClN2O2/c25-21-12-6-4-10-19(21)14-15-23(28)27-22-13-7-5-11-20(22)24(29)26-17-16-18-8-2-1-3-9-18/h1-15H,16-17H2,(H,26,29)(H,27,28). The lowest BCUT2D eigenvalue weighted by atomic mass is 10.1. The molecule has 0 saturated carbocycles. The molecule has 0 aromatic heterocycles. The van der Waals surface area contributed by atoms with Gasteiger partial charge in [-0.2, -0.15) is 0 Å². The molecule has 3 aromatic rings. The Morgan fingerprint density at radius 2 is 1.55 bits per heavy atom. The number of nitrogens with one attached hydrogen (secondary N) is 2. The zero-order chi connectivity index (χ0) is 20.5. The van der Waals surface area contributed by atoms with Gasteiger partial charge in [-0.1, -0.05) is 72.3 Å². The van der Waals surface area contributed by atoms with Gasteiger partial charge in [-0.25, -0.2) is 0 Å². The first-order chi connectivity index (χ1) is 14.1. The zero-order valence-corrected chi connectivity index (χ0v) is 16.5. The molecule has 0 aliphatic heterocycles. The van der Waals surface area contributed by atoms with Crippen LogP contribution in [0.25, 0.3) is 6.08 Å². The number of carbonyl (C=O) groups excluding carboxylic acids is 2. The number of halogens is 1. The summed E-state index contributed by atoms with van der Waals surface area (Å²) >= 11 is 6.09. The molecule has 0 unspecified atom stereocenters. The predicted molar refractivity (Wildman–Crippen MR) is 118 cm³/mol. The minimum absolute atomic E-state index is 0.230. The molecular formula is C24H21ClN2O2. The number of carbonyl (C=O) groups is 2. The summed E-state index contributed by atoms with van der Waals surface area (Å²) in [4.78, 5) is 24.9. The van der Waals surface area contributed by atoms with E-state index in [1.165, 1.54) is 6.08 Å². The van der Waals surface area contributed by atoms with Gasteiger partial charge in [0.15, 0.2) is 0 Å². The van der Waals surface area contributed by atoms with Crippen LogP contribution >= 0.6 is 11.6 Å². The minimum Gasteiger partial charge on any atom is -0.352 e. The van der Waals surface area contributed by atoms with Gasteiger partial charge >= 0.3 is 0 Å². The van der Waals surface area contributed by atoms with Crippen molar-refractivity contribution in [3.05, 3.63) is 107 Å². The molecule has 4 nitrogen and oxygen atoms in total. The zero-order valence-electron chi connectivity index (χ0n) is 15.8. The molecule has 0 bridgehead atoms. The fraction of sp³-hybridized carbons (Fsp3) is 0.0833. The lowest BCUT2D eigenvalue weighted by Gasteiger charge is -2.10. The van der Waals surface area contributed by atoms with Crippen molar-refractivity contribution in [2.24, 2.45) is 0 Å². The first kappa shape index (κ1) is 20.4. The Hall–Kier alpha value is -3.37. The second-order valence-electron chi connectivity index (χ2n) is 6.38. The first-order valence-corrected chi connectivity index (χ1v) is 9.66. The SMILES string of the molecule is O=C(C=Cc1ccccc1Cl)Nc1ccccc1C(=O)NCCc1ccccc1. The van der Waals surface area contributed by atoms with Crippen LogP contribution in [0, 0.1) is 0 Å². The van der Waals surface area contributed by atoms with Gasteiger partial charge in [0, 0.05) is 17.6 Å². The lowest BCUT2D eigenvalue weighted by Crippen LogP contribution is -2.27. The number of anilines is 1. The lowest BCUT2D eigenvalue weighted by molar-refractivity contribution is -0.111. The summed E-state index contributed by atoms with van der Waals surface area (Å²) in [5, 5.41) is 6.22. The number of para-hydroxylation sites is 1. The average molecular weight is 405 g/mol. The molecule has 146 valence electrons. The maximum Gasteiger partial charge on any atom is 0.253 e. The highest BCUT2D eigenvalue weighted by Crippen LogP contribution is 2.18. The van der Waals surface area contributed by atoms with E-state index in [0.29, 0.717) is 22.8 Å². The largest absolute Gasteiger partial charge is 0.352 e. The molecule has 3 rings (SSSR count). The van der Waals surface area contributed by atoms with Crippen molar-refractivity contribution in [1.29, 1.82) is 0 Å². The molecule has 0 aliphatic carbocycles. The molecule has 0 heterocycles. The molecule has 5 heteroatoms. The first-order valence-electron chi connectivity index (χ1n) is 9.28. The van der Waals surface area contributed by atoms with Gasteiger partial charge in [0.1, 0.15) is 0 Å². The number of hydrogen-bond donors (Lipinski definition) is 2. The number of benzene rings is 3. The van der Waals surface area contributed by atoms with Crippen molar-refractivity contribution in [2.45, 2.75) is 6.42 Å². The van der Waals surface area contributed by atoms with Crippen LogP contribution in [0.1, 0.15) is 21.5 Å². The summed E-state index contributed by atoms with van der Waals surface area (Å²) in [5.74, 6) is -0.568. The third kappa shape index (κ3) is 6.06.